The van der Waals surface area contributed by atoms with E-state index in [-0.39, 0.29) is 11.5 Å². The monoisotopic (exact) mass is 403 g/mol. The molecule has 2 N–H and O–H groups in total. The Morgan fingerprint density at radius 1 is 0.967 bits per heavy atom. The van der Waals surface area contributed by atoms with Crippen LogP contribution in [0.4, 0.5) is 19.3 Å². The first kappa shape index (κ1) is 18.4. The number of carbonyl (C=O) groups excluding carboxylic acids is 1. The van der Waals surface area contributed by atoms with Gasteiger partial charge in [-0.25, -0.2) is 13.6 Å². The summed E-state index contributed by atoms with van der Waals surface area (Å²) in [5.41, 5.74) is 3.95. The molecule has 0 saturated heterocycles. The molecular formula is C24H19F2N3O. The molecule has 4 nitrogen and oxygen atoms in total. The summed E-state index contributed by atoms with van der Waals surface area (Å²) >= 11 is 0. The first-order valence-corrected chi connectivity index (χ1v) is 9.79. The molecule has 0 unspecified atom stereocenters. The average molecular weight is 403 g/mol. The SMILES string of the molecule is O=C(Nc1ccccc1F)N1CCc2c([nH]c3ccccc23)[C@@H]1c1ccc(F)cc1. The van der Waals surface area contributed by atoms with E-state index in [0.717, 1.165) is 27.7 Å². The Bertz CT molecular complexity index is 1230. The lowest BCUT2D eigenvalue weighted by Crippen LogP contribution is -2.43. The lowest BCUT2D eigenvalue weighted by atomic mass is 9.92. The molecule has 0 radical (unpaired) electrons. The normalized spacial score (nSPS) is 15.8. The lowest BCUT2D eigenvalue weighted by molar-refractivity contribution is 0.193. The van der Waals surface area contributed by atoms with Gasteiger partial charge in [-0.3, -0.25) is 0 Å². The first-order chi connectivity index (χ1) is 14.6. The van der Waals surface area contributed by atoms with E-state index in [9.17, 15) is 13.6 Å². The molecule has 1 aromatic heterocycles. The maximum atomic E-state index is 14.1. The van der Waals surface area contributed by atoms with Crippen LogP contribution >= 0.6 is 0 Å². The van der Waals surface area contributed by atoms with Gasteiger partial charge in [0.2, 0.25) is 0 Å². The second-order valence-electron chi connectivity index (χ2n) is 7.37. The molecule has 0 saturated carbocycles. The molecule has 3 aromatic carbocycles. The van der Waals surface area contributed by atoms with Gasteiger partial charge < -0.3 is 15.2 Å². The van der Waals surface area contributed by atoms with Crippen LogP contribution in [0.25, 0.3) is 10.9 Å². The maximum absolute atomic E-state index is 14.1. The van der Waals surface area contributed by atoms with E-state index in [1.807, 2.05) is 18.2 Å². The Hall–Kier alpha value is -3.67. The molecule has 4 aromatic rings. The topological polar surface area (TPSA) is 48.1 Å². The quantitative estimate of drug-likeness (QED) is 0.448. The van der Waals surface area contributed by atoms with Gasteiger partial charge in [0.05, 0.1) is 11.7 Å². The number of H-pyrrole nitrogens is 1. The van der Waals surface area contributed by atoms with E-state index >= 15 is 0 Å². The molecule has 1 aliphatic heterocycles. The molecule has 2 heterocycles. The van der Waals surface area contributed by atoms with Crippen LogP contribution in [0.15, 0.2) is 72.8 Å². The molecule has 0 fully saturated rings. The number of aromatic amines is 1. The van der Waals surface area contributed by atoms with Gasteiger partial charge in [-0.05, 0) is 47.9 Å². The summed E-state index contributed by atoms with van der Waals surface area (Å²) in [6.45, 7) is 0.456. The predicted molar refractivity (Wildman–Crippen MR) is 112 cm³/mol. The molecule has 5 rings (SSSR count). The van der Waals surface area contributed by atoms with Crippen molar-refractivity contribution in [1.82, 2.24) is 9.88 Å². The van der Waals surface area contributed by atoms with E-state index < -0.39 is 17.9 Å². The van der Waals surface area contributed by atoms with Gasteiger partial charge in [-0.1, -0.05) is 42.5 Å². The Morgan fingerprint density at radius 3 is 2.50 bits per heavy atom. The summed E-state index contributed by atoms with van der Waals surface area (Å²) in [5.74, 6) is -0.832. The van der Waals surface area contributed by atoms with E-state index in [1.165, 1.54) is 24.3 Å². The van der Waals surface area contributed by atoms with Gasteiger partial charge >= 0.3 is 6.03 Å². The van der Waals surface area contributed by atoms with E-state index in [2.05, 4.69) is 16.4 Å². The fraction of sp³-hybridized carbons (Fsp3) is 0.125. The van der Waals surface area contributed by atoms with Crippen molar-refractivity contribution >= 4 is 22.6 Å². The number of nitrogens with zero attached hydrogens (tertiary/aromatic N) is 1. The Morgan fingerprint density at radius 2 is 1.70 bits per heavy atom. The molecule has 1 atom stereocenters. The van der Waals surface area contributed by atoms with Crippen molar-refractivity contribution in [1.29, 1.82) is 0 Å². The van der Waals surface area contributed by atoms with E-state index in [4.69, 9.17) is 0 Å². The molecule has 30 heavy (non-hydrogen) atoms. The highest BCUT2D eigenvalue weighted by Crippen LogP contribution is 2.38. The molecule has 1 aliphatic rings. The smallest absolute Gasteiger partial charge is 0.322 e. The number of urea groups is 1. The minimum atomic E-state index is -0.493. The van der Waals surface area contributed by atoms with Gasteiger partial charge in [-0.15, -0.1) is 0 Å². The second-order valence-corrected chi connectivity index (χ2v) is 7.37. The number of rotatable bonds is 2. The number of halogens is 2. The zero-order valence-corrected chi connectivity index (χ0v) is 16.0. The number of benzene rings is 3. The van der Waals surface area contributed by atoms with Crippen LogP contribution in [-0.2, 0) is 6.42 Å². The van der Waals surface area contributed by atoms with Crippen molar-refractivity contribution in [3.63, 3.8) is 0 Å². The van der Waals surface area contributed by atoms with E-state index in [1.54, 1.807) is 29.2 Å². The molecule has 0 spiro atoms. The van der Waals surface area contributed by atoms with Crippen LogP contribution in [0.2, 0.25) is 0 Å². The summed E-state index contributed by atoms with van der Waals surface area (Å²) in [4.78, 5) is 18.3. The van der Waals surface area contributed by atoms with Crippen molar-refractivity contribution in [3.05, 3.63) is 101 Å². The maximum Gasteiger partial charge on any atom is 0.322 e. The number of para-hydroxylation sites is 2. The number of fused-ring (bicyclic) bond motifs is 3. The summed E-state index contributed by atoms with van der Waals surface area (Å²) in [7, 11) is 0. The second kappa shape index (κ2) is 7.30. The molecular weight excluding hydrogens is 384 g/mol. The lowest BCUT2D eigenvalue weighted by Gasteiger charge is -2.36. The minimum Gasteiger partial charge on any atom is -0.356 e. The zero-order valence-electron chi connectivity index (χ0n) is 16.0. The fourth-order valence-corrected chi connectivity index (χ4v) is 4.20. The molecule has 2 amide bonds. The summed E-state index contributed by atoms with van der Waals surface area (Å²) in [5, 5.41) is 3.80. The van der Waals surface area contributed by atoms with Gasteiger partial charge in [0.15, 0.2) is 0 Å². The van der Waals surface area contributed by atoms with Crippen LogP contribution < -0.4 is 5.32 Å². The van der Waals surface area contributed by atoms with Crippen LogP contribution in [-0.4, -0.2) is 22.5 Å². The molecule has 0 aliphatic carbocycles. The third-order valence-electron chi connectivity index (χ3n) is 5.60. The number of nitrogens with one attached hydrogen (secondary N) is 2. The highest BCUT2D eigenvalue weighted by molar-refractivity contribution is 5.91. The Balaban J connectivity index is 1.59. The highest BCUT2D eigenvalue weighted by Gasteiger charge is 2.34. The molecule has 0 bridgehead atoms. The van der Waals surface area contributed by atoms with Crippen molar-refractivity contribution < 1.29 is 13.6 Å². The van der Waals surface area contributed by atoms with Crippen molar-refractivity contribution in [2.24, 2.45) is 0 Å². The third kappa shape index (κ3) is 3.10. The van der Waals surface area contributed by atoms with Gasteiger partial charge in [0.25, 0.3) is 0 Å². The van der Waals surface area contributed by atoms with E-state index in [0.29, 0.717) is 13.0 Å². The number of carbonyl (C=O) groups is 1. The highest BCUT2D eigenvalue weighted by atomic mass is 19.1. The summed E-state index contributed by atoms with van der Waals surface area (Å²) in [6, 6.07) is 19.4. The van der Waals surface area contributed by atoms with Crippen LogP contribution in [0.5, 0.6) is 0 Å². The zero-order chi connectivity index (χ0) is 20.7. The molecule has 6 heteroatoms. The average Bonchev–Trinajstić information content (AvgIpc) is 3.14. The van der Waals surface area contributed by atoms with Crippen molar-refractivity contribution in [2.45, 2.75) is 12.5 Å². The first-order valence-electron chi connectivity index (χ1n) is 9.79. The minimum absolute atomic E-state index is 0.128. The van der Waals surface area contributed by atoms with Crippen molar-refractivity contribution in [2.75, 3.05) is 11.9 Å². The summed E-state index contributed by atoms with van der Waals surface area (Å²) in [6.07, 6.45) is 0.668. The predicted octanol–water partition coefficient (Wildman–Crippen LogP) is 5.63. The number of amides is 2. The number of anilines is 1. The van der Waals surface area contributed by atoms with Crippen LogP contribution in [0.3, 0.4) is 0 Å². The number of hydrogen-bond donors (Lipinski definition) is 2. The van der Waals surface area contributed by atoms with Crippen LogP contribution in [0, 0.1) is 11.6 Å². The summed E-state index contributed by atoms with van der Waals surface area (Å²) < 4.78 is 27.6. The Labute approximate surface area is 172 Å². The Kier molecular flexibility index (Phi) is 4.47. The van der Waals surface area contributed by atoms with Crippen LogP contribution in [0.1, 0.15) is 22.9 Å². The standard InChI is InChI=1S/C24H19F2N3O/c25-16-11-9-15(10-12-16)23-22-18(17-5-1-3-7-20(17)27-22)13-14-29(23)24(30)28-21-8-4-2-6-19(21)26/h1-12,23,27H,13-14H2,(H,28,30)/t23-/m0/s1. The van der Waals surface area contributed by atoms with Crippen molar-refractivity contribution in [3.8, 4) is 0 Å². The number of hydrogen-bond acceptors (Lipinski definition) is 1. The van der Waals surface area contributed by atoms with Gasteiger partial charge in [-0.2, -0.15) is 0 Å². The number of aromatic nitrogens is 1. The van der Waals surface area contributed by atoms with Gasteiger partial charge in [0, 0.05) is 23.1 Å². The molecule has 150 valence electrons. The van der Waals surface area contributed by atoms with Gasteiger partial charge in [0.1, 0.15) is 11.6 Å². The fourth-order valence-electron chi connectivity index (χ4n) is 4.20. The largest absolute Gasteiger partial charge is 0.356 e. The third-order valence-corrected chi connectivity index (χ3v) is 5.60.